The molecule has 1 saturated heterocycles. The maximum atomic E-state index is 12.3. The molecule has 0 spiro atoms. The fraction of sp³-hybridized carbons (Fsp3) is 0.500. The number of fused-ring (bicyclic) bond motifs is 1. The van der Waals surface area contributed by atoms with Gasteiger partial charge in [0.15, 0.2) is 0 Å². The van der Waals surface area contributed by atoms with Gasteiger partial charge in [-0.15, -0.1) is 0 Å². The number of anilines is 1. The SMILES string of the molecule is CN1CCN(CCC2Cc3cc(/C=C/C(=O)O)ncc3NC2=O)CC1. The highest BCUT2D eigenvalue weighted by Gasteiger charge is 2.27. The maximum absolute atomic E-state index is 12.3. The van der Waals surface area contributed by atoms with E-state index in [9.17, 15) is 9.59 Å². The second kappa shape index (κ2) is 7.76. The summed E-state index contributed by atoms with van der Waals surface area (Å²) in [5.41, 5.74) is 2.34. The number of piperazine rings is 1. The molecule has 1 amide bonds. The van der Waals surface area contributed by atoms with Crippen LogP contribution in [0.15, 0.2) is 18.3 Å². The fourth-order valence-electron chi connectivity index (χ4n) is 3.28. The van der Waals surface area contributed by atoms with Gasteiger partial charge in [-0.05, 0) is 44.1 Å². The molecule has 3 heterocycles. The lowest BCUT2D eigenvalue weighted by Gasteiger charge is -2.33. The second-order valence-corrected chi connectivity index (χ2v) is 6.76. The molecular formula is C18H24N4O3. The predicted octanol–water partition coefficient (Wildman–Crippen LogP) is 0.928. The molecule has 1 fully saturated rings. The number of nitrogens with one attached hydrogen (secondary N) is 1. The van der Waals surface area contributed by atoms with Crippen molar-refractivity contribution in [3.05, 3.63) is 29.6 Å². The first-order chi connectivity index (χ1) is 12.0. The van der Waals surface area contributed by atoms with Crippen LogP contribution in [0.1, 0.15) is 17.7 Å². The molecule has 134 valence electrons. The number of carboxylic acids is 1. The van der Waals surface area contributed by atoms with Crippen LogP contribution in [-0.4, -0.2) is 71.5 Å². The zero-order valence-electron chi connectivity index (χ0n) is 14.4. The van der Waals surface area contributed by atoms with Crippen molar-refractivity contribution in [2.75, 3.05) is 45.1 Å². The van der Waals surface area contributed by atoms with Crippen molar-refractivity contribution in [1.82, 2.24) is 14.8 Å². The lowest BCUT2D eigenvalue weighted by molar-refractivity contribution is -0.131. The molecular weight excluding hydrogens is 320 g/mol. The van der Waals surface area contributed by atoms with E-state index in [2.05, 4.69) is 27.1 Å². The minimum absolute atomic E-state index is 0.0501. The molecule has 0 aromatic carbocycles. The van der Waals surface area contributed by atoms with Crippen molar-refractivity contribution in [3.8, 4) is 0 Å². The molecule has 2 N–H and O–H groups in total. The summed E-state index contributed by atoms with van der Waals surface area (Å²) in [6.07, 6.45) is 5.65. The highest BCUT2D eigenvalue weighted by Crippen LogP contribution is 2.27. The summed E-state index contributed by atoms with van der Waals surface area (Å²) in [6.45, 7) is 5.18. The molecule has 7 nitrogen and oxygen atoms in total. The third-order valence-corrected chi connectivity index (χ3v) is 4.89. The van der Waals surface area contributed by atoms with Crippen molar-refractivity contribution in [2.45, 2.75) is 12.8 Å². The molecule has 0 radical (unpaired) electrons. The van der Waals surface area contributed by atoms with Gasteiger partial charge in [0.2, 0.25) is 5.91 Å². The number of hydrogen-bond donors (Lipinski definition) is 2. The molecule has 0 saturated carbocycles. The monoisotopic (exact) mass is 344 g/mol. The van der Waals surface area contributed by atoms with Gasteiger partial charge >= 0.3 is 5.97 Å². The van der Waals surface area contributed by atoms with E-state index in [0.717, 1.165) is 56.5 Å². The molecule has 7 heteroatoms. The Morgan fingerprint density at radius 3 is 2.88 bits per heavy atom. The van der Waals surface area contributed by atoms with Gasteiger partial charge in [-0.3, -0.25) is 9.78 Å². The smallest absolute Gasteiger partial charge is 0.328 e. The van der Waals surface area contributed by atoms with Crippen LogP contribution >= 0.6 is 0 Å². The molecule has 2 aliphatic heterocycles. The molecule has 1 aromatic heterocycles. The van der Waals surface area contributed by atoms with Gasteiger partial charge in [-0.1, -0.05) is 0 Å². The van der Waals surface area contributed by atoms with Crippen LogP contribution < -0.4 is 5.32 Å². The number of aliphatic carboxylic acids is 1. The first-order valence-electron chi connectivity index (χ1n) is 8.63. The summed E-state index contributed by atoms with van der Waals surface area (Å²) in [6, 6.07) is 1.86. The highest BCUT2D eigenvalue weighted by atomic mass is 16.4. The normalized spacial score (nSPS) is 22.0. The summed E-state index contributed by atoms with van der Waals surface area (Å²) in [4.78, 5) is 31.9. The number of carbonyl (C=O) groups excluding carboxylic acids is 1. The van der Waals surface area contributed by atoms with Crippen LogP contribution in [0.4, 0.5) is 5.69 Å². The second-order valence-electron chi connectivity index (χ2n) is 6.76. The van der Waals surface area contributed by atoms with E-state index < -0.39 is 5.97 Å². The van der Waals surface area contributed by atoms with Crippen LogP contribution in [0, 0.1) is 5.92 Å². The summed E-state index contributed by atoms with van der Waals surface area (Å²) < 4.78 is 0. The van der Waals surface area contributed by atoms with Gasteiger partial charge < -0.3 is 20.2 Å². The number of likely N-dealkylation sites (N-methyl/N-ethyl adjacent to an activating group) is 1. The molecule has 1 aromatic rings. The van der Waals surface area contributed by atoms with Crippen molar-refractivity contribution >= 4 is 23.6 Å². The number of hydrogen-bond acceptors (Lipinski definition) is 5. The number of nitrogens with zero attached hydrogens (tertiary/aromatic N) is 3. The zero-order valence-corrected chi connectivity index (χ0v) is 14.4. The molecule has 1 atom stereocenters. The average Bonchev–Trinajstić information content (AvgIpc) is 2.59. The minimum Gasteiger partial charge on any atom is -0.478 e. The van der Waals surface area contributed by atoms with Crippen LogP contribution in [0.3, 0.4) is 0 Å². The van der Waals surface area contributed by atoms with E-state index in [0.29, 0.717) is 12.1 Å². The maximum Gasteiger partial charge on any atom is 0.328 e. The summed E-state index contributed by atoms with van der Waals surface area (Å²) in [5, 5.41) is 11.6. The Hall–Kier alpha value is -2.25. The Bertz CT molecular complexity index is 681. The van der Waals surface area contributed by atoms with Crippen LogP contribution in [-0.2, 0) is 16.0 Å². The van der Waals surface area contributed by atoms with Crippen LogP contribution in [0.5, 0.6) is 0 Å². The van der Waals surface area contributed by atoms with Gasteiger partial charge in [-0.25, -0.2) is 4.79 Å². The number of amides is 1. The van der Waals surface area contributed by atoms with Gasteiger partial charge in [-0.2, -0.15) is 0 Å². The highest BCUT2D eigenvalue weighted by molar-refractivity contribution is 5.95. The summed E-state index contributed by atoms with van der Waals surface area (Å²) in [7, 11) is 2.13. The molecule has 25 heavy (non-hydrogen) atoms. The van der Waals surface area contributed by atoms with E-state index in [1.54, 1.807) is 6.20 Å². The summed E-state index contributed by atoms with van der Waals surface area (Å²) >= 11 is 0. The van der Waals surface area contributed by atoms with Gasteiger partial charge in [0, 0.05) is 38.2 Å². The lowest BCUT2D eigenvalue weighted by atomic mass is 9.91. The van der Waals surface area contributed by atoms with E-state index in [-0.39, 0.29) is 11.8 Å². The Labute approximate surface area is 147 Å². The van der Waals surface area contributed by atoms with Gasteiger partial charge in [0.1, 0.15) is 0 Å². The fourth-order valence-corrected chi connectivity index (χ4v) is 3.28. The first-order valence-corrected chi connectivity index (χ1v) is 8.63. The standard InChI is InChI=1S/C18H24N4O3/c1-21-6-8-22(9-7-21)5-4-13-10-14-11-15(2-3-17(23)24)19-12-16(14)20-18(13)25/h2-3,11-13H,4-10H2,1H3,(H,20,25)(H,23,24)/b3-2+. The van der Waals surface area contributed by atoms with Crippen molar-refractivity contribution in [2.24, 2.45) is 5.92 Å². The van der Waals surface area contributed by atoms with E-state index in [1.807, 2.05) is 6.07 Å². The van der Waals surface area contributed by atoms with Gasteiger partial charge in [0.05, 0.1) is 17.6 Å². The number of aromatic nitrogens is 1. The topological polar surface area (TPSA) is 85.8 Å². The third-order valence-electron chi connectivity index (χ3n) is 4.89. The minimum atomic E-state index is -1.00. The Morgan fingerprint density at radius 1 is 1.40 bits per heavy atom. The number of carbonyl (C=O) groups is 2. The Kier molecular flexibility index (Phi) is 5.45. The molecule has 0 aliphatic carbocycles. The van der Waals surface area contributed by atoms with Crippen molar-refractivity contribution in [1.29, 1.82) is 0 Å². The zero-order chi connectivity index (χ0) is 17.8. The van der Waals surface area contributed by atoms with Gasteiger partial charge in [0.25, 0.3) is 0 Å². The first kappa shape index (κ1) is 17.6. The van der Waals surface area contributed by atoms with E-state index >= 15 is 0 Å². The quantitative estimate of drug-likeness (QED) is 0.773. The van der Waals surface area contributed by atoms with Crippen LogP contribution in [0.25, 0.3) is 6.08 Å². The van der Waals surface area contributed by atoms with Crippen molar-refractivity contribution < 1.29 is 14.7 Å². The van der Waals surface area contributed by atoms with E-state index in [1.165, 1.54) is 6.08 Å². The van der Waals surface area contributed by atoms with E-state index in [4.69, 9.17) is 5.11 Å². The predicted molar refractivity (Wildman–Crippen MR) is 95.3 cm³/mol. The average molecular weight is 344 g/mol. The number of pyridine rings is 1. The molecule has 0 bridgehead atoms. The Balaban J connectivity index is 1.62. The lowest BCUT2D eigenvalue weighted by Crippen LogP contribution is -2.45. The number of carboxylic acid groups (broad SMARTS) is 1. The molecule has 1 unspecified atom stereocenters. The number of rotatable bonds is 5. The third kappa shape index (κ3) is 4.64. The Morgan fingerprint density at radius 2 is 2.16 bits per heavy atom. The molecule has 3 rings (SSSR count). The summed E-state index contributed by atoms with van der Waals surface area (Å²) in [5.74, 6) is -0.999. The van der Waals surface area contributed by atoms with Crippen LogP contribution in [0.2, 0.25) is 0 Å². The largest absolute Gasteiger partial charge is 0.478 e. The molecule has 2 aliphatic rings. The van der Waals surface area contributed by atoms with Crippen molar-refractivity contribution in [3.63, 3.8) is 0 Å².